The predicted molar refractivity (Wildman–Crippen MR) is 62.6 cm³/mol. The van der Waals surface area contributed by atoms with Crippen LogP contribution in [0.4, 0.5) is 0 Å². The van der Waals surface area contributed by atoms with Crippen molar-refractivity contribution in [3.63, 3.8) is 0 Å². The van der Waals surface area contributed by atoms with Crippen LogP contribution >= 0.6 is 8.69 Å². The van der Waals surface area contributed by atoms with Gasteiger partial charge < -0.3 is 9.26 Å². The second-order valence-electron chi connectivity index (χ2n) is 2.95. The molecule has 0 fully saturated rings. The number of carbonyl (C=O) groups excluding carboxylic acids is 2. The fourth-order valence-corrected chi connectivity index (χ4v) is 1.12. The van der Waals surface area contributed by atoms with Gasteiger partial charge in [0, 0.05) is 14.3 Å². The first-order chi connectivity index (χ1) is 7.11. The van der Waals surface area contributed by atoms with E-state index in [4.69, 9.17) is 9.26 Å². The van der Waals surface area contributed by atoms with Crippen molar-refractivity contribution in [1.29, 1.82) is 0 Å². The van der Waals surface area contributed by atoms with E-state index in [2.05, 4.69) is 6.58 Å². The number of unbranched alkanes of at least 4 members (excludes halogenated alkanes) is 1. The summed E-state index contributed by atoms with van der Waals surface area (Å²) < 4.78 is 9.59. The van der Waals surface area contributed by atoms with Gasteiger partial charge in [0.1, 0.15) is 0 Å². The minimum atomic E-state index is -0.525. The van der Waals surface area contributed by atoms with Gasteiger partial charge in [0.15, 0.2) is 7.57 Å². The number of hydrogen-bond donors (Lipinski definition) is 0. The maximum atomic E-state index is 11.1. The van der Waals surface area contributed by atoms with E-state index < -0.39 is 11.9 Å². The number of ether oxygens (including phenoxy) is 1. The molecule has 84 valence electrons. The summed E-state index contributed by atoms with van der Waals surface area (Å²) >= 11 is 0. The van der Waals surface area contributed by atoms with Crippen molar-refractivity contribution in [1.82, 2.24) is 0 Å². The second-order valence-corrected chi connectivity index (χ2v) is 3.56. The first-order valence-corrected chi connectivity index (χ1v) is 6.24. The van der Waals surface area contributed by atoms with Crippen LogP contribution in [0.1, 0.15) is 26.2 Å². The summed E-state index contributed by atoms with van der Waals surface area (Å²) in [5.41, 5.74) is 0.144. The van der Waals surface area contributed by atoms with E-state index in [0.29, 0.717) is 6.61 Å². The predicted octanol–water partition coefficient (Wildman–Crippen LogP) is 0.961. The van der Waals surface area contributed by atoms with Crippen LogP contribution in [0.3, 0.4) is 0 Å². The third-order valence-electron chi connectivity index (χ3n) is 1.60. The smallest absolute Gasteiger partial charge is 0.335 e. The zero-order valence-electron chi connectivity index (χ0n) is 9.17. The van der Waals surface area contributed by atoms with E-state index in [0.717, 1.165) is 12.8 Å². The summed E-state index contributed by atoms with van der Waals surface area (Å²) in [6.07, 6.45) is 1.71. The maximum absolute atomic E-state index is 11.1. The van der Waals surface area contributed by atoms with Crippen LogP contribution in [0.25, 0.3) is 0 Å². The summed E-state index contributed by atoms with van der Waals surface area (Å²) in [7, 11) is 1.79. The Kier molecular flexibility index (Phi) is 8.01. The second kappa shape index (κ2) is 8.48. The Bertz CT molecular complexity index is 242. The van der Waals surface area contributed by atoms with Gasteiger partial charge in [0.25, 0.3) is 0 Å². The largest absolute Gasteiger partial charge is 0.465 e. The fraction of sp³-hybridized carbons (Fsp3) is 0.556. The fourth-order valence-electron chi connectivity index (χ4n) is 0.793. The van der Waals surface area contributed by atoms with E-state index in [1.165, 1.54) is 0 Å². The Hall–Kier alpha value is -0.825. The summed E-state index contributed by atoms with van der Waals surface area (Å²) in [6.45, 7) is 5.87. The summed E-state index contributed by atoms with van der Waals surface area (Å²) in [6, 6.07) is 0. The molecule has 0 saturated carbocycles. The van der Waals surface area contributed by atoms with E-state index >= 15 is 0 Å². The first-order valence-electron chi connectivity index (χ1n) is 4.83. The first kappa shape index (κ1) is 14.2. The van der Waals surface area contributed by atoms with Crippen LogP contribution in [-0.2, 0) is 18.8 Å². The van der Waals surface area contributed by atoms with Crippen LogP contribution in [0.2, 0.25) is 0 Å². The highest BCUT2D eigenvalue weighted by Crippen LogP contribution is 2.10. The SMILES string of the molecule is BPOC(=O)C(=C)CC(=O)OCCCC. The average molecular weight is 230 g/mol. The third-order valence-corrected chi connectivity index (χ3v) is 1.99. The van der Waals surface area contributed by atoms with E-state index in [9.17, 15) is 9.59 Å². The van der Waals surface area contributed by atoms with E-state index in [1.54, 1.807) is 7.57 Å². The molecule has 0 heterocycles. The molecule has 6 heteroatoms. The molecule has 0 radical (unpaired) electrons. The highest BCUT2D eigenvalue weighted by Gasteiger charge is 2.13. The molecular weight excluding hydrogens is 214 g/mol. The minimum Gasteiger partial charge on any atom is -0.465 e. The lowest BCUT2D eigenvalue weighted by atomic mass is 10.2. The van der Waals surface area contributed by atoms with Crippen molar-refractivity contribution < 1.29 is 18.8 Å². The molecule has 0 aliphatic carbocycles. The highest BCUT2D eigenvalue weighted by atomic mass is 31.1. The standard InChI is InChI=1S/C9H16BO4P/c1-3-4-5-13-8(11)6-7(2)9(12)14-15-10/h15H,2-6,10H2,1H3. The Labute approximate surface area is 92.6 Å². The number of carbonyl (C=O) groups is 2. The van der Waals surface area contributed by atoms with E-state index in [-0.39, 0.29) is 20.7 Å². The lowest BCUT2D eigenvalue weighted by Gasteiger charge is -2.05. The molecule has 0 amide bonds. The van der Waals surface area contributed by atoms with Crippen molar-refractivity contribution in [2.45, 2.75) is 26.2 Å². The number of esters is 1. The zero-order chi connectivity index (χ0) is 11.7. The Balaban J connectivity index is 3.76. The van der Waals surface area contributed by atoms with Crippen molar-refractivity contribution in [3.05, 3.63) is 12.2 Å². The molecule has 0 aromatic heterocycles. The minimum absolute atomic E-state index is 0.0659. The molecule has 15 heavy (non-hydrogen) atoms. The summed E-state index contributed by atoms with van der Waals surface area (Å²) in [5.74, 6) is -0.951. The Morgan fingerprint density at radius 3 is 2.67 bits per heavy atom. The molecule has 1 unspecified atom stereocenters. The molecular formula is C9H16BO4P. The lowest BCUT2D eigenvalue weighted by Crippen LogP contribution is -2.11. The van der Waals surface area contributed by atoms with Gasteiger partial charge in [-0.1, -0.05) is 19.9 Å². The summed E-state index contributed by atoms with van der Waals surface area (Å²) in [5, 5.41) is 0. The van der Waals surface area contributed by atoms with Crippen LogP contribution < -0.4 is 0 Å². The van der Waals surface area contributed by atoms with Gasteiger partial charge in [-0.3, -0.25) is 4.79 Å². The van der Waals surface area contributed by atoms with Gasteiger partial charge in [-0.25, -0.2) is 4.79 Å². The van der Waals surface area contributed by atoms with Crippen LogP contribution in [0.5, 0.6) is 0 Å². The van der Waals surface area contributed by atoms with Crippen molar-refractivity contribution in [2.24, 2.45) is 0 Å². The number of rotatable bonds is 7. The molecule has 0 aromatic rings. The third kappa shape index (κ3) is 7.14. The molecule has 0 rings (SSSR count). The average Bonchev–Trinajstić information content (AvgIpc) is 2.18. The molecule has 0 aromatic carbocycles. The van der Waals surface area contributed by atoms with Gasteiger partial charge in [0.2, 0.25) is 0 Å². The van der Waals surface area contributed by atoms with Gasteiger partial charge in [0.05, 0.1) is 13.0 Å². The molecule has 1 atom stereocenters. The normalized spacial score (nSPS) is 10.2. The monoisotopic (exact) mass is 230 g/mol. The van der Waals surface area contributed by atoms with Crippen molar-refractivity contribution >= 4 is 28.2 Å². The Morgan fingerprint density at radius 1 is 1.47 bits per heavy atom. The topological polar surface area (TPSA) is 52.6 Å². The lowest BCUT2D eigenvalue weighted by molar-refractivity contribution is -0.144. The molecule has 0 saturated heterocycles. The Morgan fingerprint density at radius 2 is 2.13 bits per heavy atom. The van der Waals surface area contributed by atoms with Crippen LogP contribution in [0.15, 0.2) is 12.2 Å². The molecule has 0 aliphatic rings. The van der Waals surface area contributed by atoms with Gasteiger partial charge >= 0.3 is 11.9 Å². The van der Waals surface area contributed by atoms with Crippen LogP contribution in [-0.4, -0.2) is 26.1 Å². The van der Waals surface area contributed by atoms with Crippen molar-refractivity contribution in [3.8, 4) is 0 Å². The van der Waals surface area contributed by atoms with Gasteiger partial charge in [-0.15, -0.1) is 0 Å². The molecule has 0 bridgehead atoms. The van der Waals surface area contributed by atoms with Crippen LogP contribution in [0, 0.1) is 0 Å². The van der Waals surface area contributed by atoms with Gasteiger partial charge in [-0.05, 0) is 6.42 Å². The quantitative estimate of drug-likeness (QED) is 0.215. The molecule has 0 aliphatic heterocycles. The molecule has 4 nitrogen and oxygen atoms in total. The highest BCUT2D eigenvalue weighted by molar-refractivity contribution is 7.62. The molecule has 0 N–H and O–H groups in total. The maximum Gasteiger partial charge on any atom is 0.335 e. The zero-order valence-corrected chi connectivity index (χ0v) is 10.2. The van der Waals surface area contributed by atoms with Crippen molar-refractivity contribution in [2.75, 3.05) is 6.61 Å². The summed E-state index contributed by atoms with van der Waals surface area (Å²) in [4.78, 5) is 22.2. The van der Waals surface area contributed by atoms with Gasteiger partial charge in [-0.2, -0.15) is 0 Å². The molecule has 0 spiro atoms. The van der Waals surface area contributed by atoms with E-state index in [1.807, 2.05) is 6.92 Å². The number of hydrogen-bond acceptors (Lipinski definition) is 4.